The van der Waals surface area contributed by atoms with Gasteiger partial charge in [-0.15, -0.1) is 13.2 Å². The monoisotopic (exact) mass is 319 g/mol. The van der Waals surface area contributed by atoms with Crippen molar-refractivity contribution in [3.63, 3.8) is 0 Å². The molecule has 1 aromatic heterocycles. The molecule has 0 amide bonds. The molecule has 78 valence electrons. The van der Waals surface area contributed by atoms with Crippen molar-refractivity contribution in [1.82, 2.24) is 4.98 Å². The molecule has 1 heterocycles. The Hall–Kier alpha value is -0.730. The zero-order chi connectivity index (χ0) is 10.8. The second-order valence-electron chi connectivity index (χ2n) is 2.19. The lowest BCUT2D eigenvalue weighted by Crippen LogP contribution is -2.18. The lowest BCUT2D eigenvalue weighted by atomic mass is 10.4. The van der Waals surface area contributed by atoms with Gasteiger partial charge in [-0.2, -0.15) is 0 Å². The molecule has 0 fully saturated rings. The van der Waals surface area contributed by atoms with Crippen LogP contribution in [0.2, 0.25) is 0 Å². The number of pyridine rings is 1. The Morgan fingerprint density at radius 1 is 1.36 bits per heavy atom. The lowest BCUT2D eigenvalue weighted by molar-refractivity contribution is -0.275. The van der Waals surface area contributed by atoms with E-state index in [1.807, 2.05) is 0 Å². The summed E-state index contributed by atoms with van der Waals surface area (Å²) in [6.07, 6.45) is -4.70. The van der Waals surface area contributed by atoms with Crippen molar-refractivity contribution in [2.24, 2.45) is 0 Å². The van der Waals surface area contributed by atoms with Crippen molar-refractivity contribution in [2.75, 3.05) is 7.11 Å². The summed E-state index contributed by atoms with van der Waals surface area (Å²) in [5.74, 6) is -0.0946. The smallest absolute Gasteiger partial charge is 0.481 e. The summed E-state index contributed by atoms with van der Waals surface area (Å²) < 4.78 is 44.0. The minimum atomic E-state index is -4.70. The molecular weight excluding hydrogens is 314 g/mol. The first kappa shape index (κ1) is 11.3. The van der Waals surface area contributed by atoms with Gasteiger partial charge in [0.15, 0.2) is 5.75 Å². The first-order chi connectivity index (χ1) is 6.42. The fraction of sp³-hybridized carbons (Fsp3) is 0.286. The van der Waals surface area contributed by atoms with Gasteiger partial charge in [-0.1, -0.05) is 0 Å². The van der Waals surface area contributed by atoms with Crippen molar-refractivity contribution in [2.45, 2.75) is 6.36 Å². The highest BCUT2D eigenvalue weighted by Gasteiger charge is 2.32. The zero-order valence-electron chi connectivity index (χ0n) is 6.93. The standard InChI is InChI=1S/C7H5F3INO2/c1-13-5-3-2-4(6(11)12-5)14-7(8,9)10/h2-3H,1H3. The van der Waals surface area contributed by atoms with Gasteiger partial charge in [-0.05, 0) is 28.7 Å². The van der Waals surface area contributed by atoms with Gasteiger partial charge in [0.2, 0.25) is 5.88 Å². The third kappa shape index (κ3) is 3.20. The van der Waals surface area contributed by atoms with E-state index in [9.17, 15) is 13.2 Å². The molecule has 3 nitrogen and oxygen atoms in total. The molecule has 0 radical (unpaired) electrons. The van der Waals surface area contributed by atoms with E-state index in [0.29, 0.717) is 0 Å². The van der Waals surface area contributed by atoms with Gasteiger partial charge in [0.05, 0.1) is 7.11 Å². The van der Waals surface area contributed by atoms with E-state index in [1.165, 1.54) is 13.2 Å². The molecule has 0 aliphatic rings. The van der Waals surface area contributed by atoms with Crippen LogP contribution in [-0.2, 0) is 0 Å². The maximum atomic E-state index is 11.8. The topological polar surface area (TPSA) is 31.4 Å². The predicted octanol–water partition coefficient (Wildman–Crippen LogP) is 2.59. The summed E-state index contributed by atoms with van der Waals surface area (Å²) in [6.45, 7) is 0. The first-order valence-electron chi connectivity index (χ1n) is 3.38. The van der Waals surface area contributed by atoms with Crippen molar-refractivity contribution < 1.29 is 22.6 Å². The van der Waals surface area contributed by atoms with Crippen LogP contribution in [0.1, 0.15) is 0 Å². The first-order valence-corrected chi connectivity index (χ1v) is 4.46. The number of rotatable bonds is 2. The van der Waals surface area contributed by atoms with E-state index in [1.54, 1.807) is 22.6 Å². The number of alkyl halides is 3. The molecule has 0 saturated carbocycles. The minimum Gasteiger partial charge on any atom is -0.481 e. The van der Waals surface area contributed by atoms with Crippen LogP contribution in [0, 0.1) is 3.70 Å². The third-order valence-electron chi connectivity index (χ3n) is 1.22. The Kier molecular flexibility index (Phi) is 3.40. The Labute approximate surface area is 91.4 Å². The van der Waals surface area contributed by atoms with Crippen LogP contribution < -0.4 is 9.47 Å². The van der Waals surface area contributed by atoms with Gasteiger partial charge in [0, 0.05) is 6.07 Å². The molecule has 0 N–H and O–H groups in total. The quantitative estimate of drug-likeness (QED) is 0.620. The summed E-state index contributed by atoms with van der Waals surface area (Å²) in [7, 11) is 1.38. The lowest BCUT2D eigenvalue weighted by Gasteiger charge is -2.10. The molecule has 0 aliphatic carbocycles. The van der Waals surface area contributed by atoms with E-state index in [0.717, 1.165) is 6.07 Å². The minimum absolute atomic E-state index is 0.0966. The van der Waals surface area contributed by atoms with Gasteiger partial charge < -0.3 is 9.47 Å². The van der Waals surface area contributed by atoms with Crippen LogP contribution in [0.15, 0.2) is 12.1 Å². The molecule has 7 heteroatoms. The molecule has 1 aromatic rings. The summed E-state index contributed by atoms with van der Waals surface area (Å²) in [6, 6.07) is 2.45. The number of aromatic nitrogens is 1. The van der Waals surface area contributed by atoms with Gasteiger partial charge in [-0.3, -0.25) is 0 Å². The molecule has 0 unspecified atom stereocenters. The average Bonchev–Trinajstić information content (AvgIpc) is 2.06. The van der Waals surface area contributed by atoms with Gasteiger partial charge in [-0.25, -0.2) is 4.98 Å². The van der Waals surface area contributed by atoms with Crippen molar-refractivity contribution in [3.8, 4) is 11.6 Å². The summed E-state index contributed by atoms with van der Waals surface area (Å²) in [4.78, 5) is 3.72. The van der Waals surface area contributed by atoms with Crippen LogP contribution in [0.25, 0.3) is 0 Å². The number of methoxy groups -OCH3 is 1. The summed E-state index contributed by atoms with van der Waals surface area (Å²) in [5.41, 5.74) is 0. The van der Waals surface area contributed by atoms with Crippen LogP contribution in [0.3, 0.4) is 0 Å². The van der Waals surface area contributed by atoms with Crippen molar-refractivity contribution in [3.05, 3.63) is 15.8 Å². The number of nitrogens with zero attached hydrogens (tertiary/aromatic N) is 1. The van der Waals surface area contributed by atoms with Crippen LogP contribution >= 0.6 is 22.6 Å². The Bertz CT molecular complexity index is 329. The second kappa shape index (κ2) is 4.20. The van der Waals surface area contributed by atoms with Crippen LogP contribution in [0.5, 0.6) is 11.6 Å². The number of hydrogen-bond donors (Lipinski definition) is 0. The predicted molar refractivity (Wildman–Crippen MR) is 50.2 cm³/mol. The maximum absolute atomic E-state index is 11.8. The van der Waals surface area contributed by atoms with Gasteiger partial charge >= 0.3 is 6.36 Å². The molecule has 0 bridgehead atoms. The molecule has 0 spiro atoms. The zero-order valence-corrected chi connectivity index (χ0v) is 9.09. The number of hydrogen-bond acceptors (Lipinski definition) is 3. The molecule has 0 atom stereocenters. The Morgan fingerprint density at radius 3 is 2.43 bits per heavy atom. The van der Waals surface area contributed by atoms with Crippen molar-refractivity contribution in [1.29, 1.82) is 0 Å². The maximum Gasteiger partial charge on any atom is 0.573 e. The highest BCUT2D eigenvalue weighted by atomic mass is 127. The SMILES string of the molecule is COc1ccc(OC(F)(F)F)c(I)n1. The number of halogens is 4. The van der Waals surface area contributed by atoms with Crippen LogP contribution in [0.4, 0.5) is 13.2 Å². The van der Waals surface area contributed by atoms with E-state index in [2.05, 4.69) is 9.72 Å². The van der Waals surface area contributed by atoms with E-state index >= 15 is 0 Å². The van der Waals surface area contributed by atoms with Gasteiger partial charge in [0.25, 0.3) is 0 Å². The summed E-state index contributed by atoms with van der Waals surface area (Å²) >= 11 is 1.63. The number of ether oxygens (including phenoxy) is 2. The largest absolute Gasteiger partial charge is 0.573 e. The molecule has 0 aromatic carbocycles. The fourth-order valence-corrected chi connectivity index (χ4v) is 1.25. The molecule has 0 saturated heterocycles. The Balaban J connectivity index is 2.89. The second-order valence-corrected chi connectivity index (χ2v) is 3.21. The average molecular weight is 319 g/mol. The summed E-state index contributed by atoms with van der Waals surface area (Å²) in [5, 5.41) is 0. The molecule has 1 rings (SSSR count). The fourth-order valence-electron chi connectivity index (χ4n) is 0.719. The molecular formula is C7H5F3INO2. The van der Waals surface area contributed by atoms with Crippen molar-refractivity contribution >= 4 is 22.6 Å². The highest BCUT2D eigenvalue weighted by Crippen LogP contribution is 2.27. The normalized spacial score (nSPS) is 11.2. The van der Waals surface area contributed by atoms with E-state index < -0.39 is 6.36 Å². The van der Waals surface area contributed by atoms with Crippen LogP contribution in [-0.4, -0.2) is 18.5 Å². The Morgan fingerprint density at radius 2 is 2.00 bits per heavy atom. The molecule has 0 aliphatic heterocycles. The van der Waals surface area contributed by atoms with Gasteiger partial charge in [0.1, 0.15) is 3.70 Å². The van der Waals surface area contributed by atoms with E-state index in [-0.39, 0.29) is 15.3 Å². The highest BCUT2D eigenvalue weighted by molar-refractivity contribution is 14.1. The third-order valence-corrected chi connectivity index (χ3v) is 2.00. The van der Waals surface area contributed by atoms with E-state index in [4.69, 9.17) is 4.74 Å². The molecule has 14 heavy (non-hydrogen) atoms.